The number of hydrogen-bond acceptors (Lipinski definition) is 4. The average Bonchev–Trinajstić information content (AvgIpc) is 2.86. The third-order valence-electron chi connectivity index (χ3n) is 3.35. The maximum absolute atomic E-state index is 12.0. The van der Waals surface area contributed by atoms with Crippen molar-refractivity contribution in [1.29, 1.82) is 0 Å². The highest BCUT2D eigenvalue weighted by atomic mass is 32.1. The first kappa shape index (κ1) is 15.6. The first-order chi connectivity index (χ1) is 8.99. The van der Waals surface area contributed by atoms with Crippen LogP contribution in [0.2, 0.25) is 0 Å². The normalized spacial score (nSPS) is 12.4. The summed E-state index contributed by atoms with van der Waals surface area (Å²) in [7, 11) is 0. The van der Waals surface area contributed by atoms with Crippen molar-refractivity contribution in [2.75, 3.05) is 0 Å². The molecule has 2 N–H and O–H groups in total. The summed E-state index contributed by atoms with van der Waals surface area (Å²) in [5, 5.41) is 13.7. The van der Waals surface area contributed by atoms with Gasteiger partial charge in [-0.1, -0.05) is 33.6 Å². The van der Waals surface area contributed by atoms with Gasteiger partial charge in [0, 0.05) is 11.3 Å². The molecule has 106 valence electrons. The van der Waals surface area contributed by atoms with Gasteiger partial charge in [0.25, 0.3) is 0 Å². The molecule has 1 heterocycles. The van der Waals surface area contributed by atoms with Crippen LogP contribution in [-0.2, 0) is 11.3 Å². The maximum Gasteiger partial charge on any atom is 0.355 e. The Morgan fingerprint density at radius 1 is 1.42 bits per heavy atom. The van der Waals surface area contributed by atoms with Gasteiger partial charge in [-0.15, -0.1) is 11.3 Å². The standard InChI is InChI=1S/C13H20N2O3S/c1-4-9(5-2)8(3)12(16)14-6-11-15-10(7-19-11)13(17)18/h7-9H,4-6H2,1-3H3,(H,14,16)(H,17,18). The number of nitrogens with one attached hydrogen (secondary N) is 1. The molecule has 19 heavy (non-hydrogen) atoms. The van der Waals surface area contributed by atoms with E-state index in [-0.39, 0.29) is 17.5 Å². The van der Waals surface area contributed by atoms with E-state index in [0.717, 1.165) is 12.8 Å². The van der Waals surface area contributed by atoms with E-state index in [2.05, 4.69) is 24.1 Å². The van der Waals surface area contributed by atoms with Crippen LogP contribution in [0.25, 0.3) is 0 Å². The Balaban J connectivity index is 2.51. The quantitative estimate of drug-likeness (QED) is 0.806. The molecule has 5 nitrogen and oxygen atoms in total. The lowest BCUT2D eigenvalue weighted by molar-refractivity contribution is -0.126. The van der Waals surface area contributed by atoms with Gasteiger partial charge in [-0.3, -0.25) is 4.79 Å². The van der Waals surface area contributed by atoms with Gasteiger partial charge in [0.1, 0.15) is 5.01 Å². The average molecular weight is 284 g/mol. The second-order valence-corrected chi connectivity index (χ2v) is 5.46. The van der Waals surface area contributed by atoms with E-state index in [0.29, 0.717) is 17.5 Å². The van der Waals surface area contributed by atoms with E-state index < -0.39 is 5.97 Å². The highest BCUT2D eigenvalue weighted by Gasteiger charge is 2.21. The van der Waals surface area contributed by atoms with Crippen LogP contribution in [0.5, 0.6) is 0 Å². The van der Waals surface area contributed by atoms with Crippen molar-refractivity contribution in [3.05, 3.63) is 16.1 Å². The number of carboxylic acid groups (broad SMARTS) is 1. The number of carbonyl (C=O) groups excluding carboxylic acids is 1. The number of aromatic carboxylic acids is 1. The topological polar surface area (TPSA) is 79.3 Å². The Morgan fingerprint density at radius 3 is 2.53 bits per heavy atom. The van der Waals surface area contributed by atoms with Gasteiger partial charge < -0.3 is 10.4 Å². The third-order valence-corrected chi connectivity index (χ3v) is 4.20. The third kappa shape index (κ3) is 4.31. The maximum atomic E-state index is 12.0. The van der Waals surface area contributed by atoms with Gasteiger partial charge >= 0.3 is 5.97 Å². The van der Waals surface area contributed by atoms with Crippen molar-refractivity contribution in [3.8, 4) is 0 Å². The molecular formula is C13H20N2O3S. The summed E-state index contributed by atoms with van der Waals surface area (Å²) in [5.74, 6) is -0.695. The van der Waals surface area contributed by atoms with E-state index in [9.17, 15) is 9.59 Å². The second-order valence-electron chi connectivity index (χ2n) is 4.51. The van der Waals surface area contributed by atoms with Gasteiger partial charge in [-0.2, -0.15) is 0 Å². The summed E-state index contributed by atoms with van der Waals surface area (Å²) in [6, 6.07) is 0. The molecule has 0 radical (unpaired) electrons. The lowest BCUT2D eigenvalue weighted by Crippen LogP contribution is -2.32. The largest absolute Gasteiger partial charge is 0.476 e. The molecule has 0 bridgehead atoms. The zero-order valence-corrected chi connectivity index (χ0v) is 12.3. The van der Waals surface area contributed by atoms with Crippen molar-refractivity contribution >= 4 is 23.2 Å². The van der Waals surface area contributed by atoms with Crippen molar-refractivity contribution < 1.29 is 14.7 Å². The van der Waals surface area contributed by atoms with Gasteiger partial charge in [0.2, 0.25) is 5.91 Å². The number of aromatic nitrogens is 1. The SMILES string of the molecule is CCC(CC)C(C)C(=O)NCc1nc(C(=O)O)cs1. The fourth-order valence-electron chi connectivity index (χ4n) is 2.02. The van der Waals surface area contributed by atoms with Crippen LogP contribution < -0.4 is 5.32 Å². The lowest BCUT2D eigenvalue weighted by atomic mass is 9.89. The molecule has 1 amide bonds. The fourth-order valence-corrected chi connectivity index (χ4v) is 2.73. The molecule has 0 fully saturated rings. The van der Waals surface area contributed by atoms with Gasteiger partial charge in [-0.05, 0) is 5.92 Å². The number of amides is 1. The van der Waals surface area contributed by atoms with Crippen molar-refractivity contribution in [1.82, 2.24) is 10.3 Å². The minimum Gasteiger partial charge on any atom is -0.476 e. The smallest absolute Gasteiger partial charge is 0.355 e. The minimum atomic E-state index is -1.04. The van der Waals surface area contributed by atoms with Crippen LogP contribution in [0.1, 0.15) is 49.1 Å². The van der Waals surface area contributed by atoms with Crippen LogP contribution in [0, 0.1) is 11.8 Å². The molecule has 0 aliphatic heterocycles. The predicted molar refractivity (Wildman–Crippen MR) is 74.2 cm³/mol. The molecule has 6 heteroatoms. The molecule has 0 aromatic carbocycles. The van der Waals surface area contributed by atoms with Crippen molar-refractivity contribution in [2.24, 2.45) is 11.8 Å². The molecule has 0 saturated carbocycles. The van der Waals surface area contributed by atoms with Crippen LogP contribution in [-0.4, -0.2) is 22.0 Å². The first-order valence-electron chi connectivity index (χ1n) is 6.44. The van der Waals surface area contributed by atoms with E-state index in [1.54, 1.807) is 0 Å². The summed E-state index contributed by atoms with van der Waals surface area (Å²) < 4.78 is 0. The summed E-state index contributed by atoms with van der Waals surface area (Å²) in [5.41, 5.74) is 0.0299. The Morgan fingerprint density at radius 2 is 2.05 bits per heavy atom. The number of nitrogens with zero attached hydrogens (tertiary/aromatic N) is 1. The van der Waals surface area contributed by atoms with Gasteiger partial charge in [-0.25, -0.2) is 9.78 Å². The van der Waals surface area contributed by atoms with E-state index in [1.807, 2.05) is 6.92 Å². The Kier molecular flexibility index (Phi) is 5.95. The number of thiazole rings is 1. The van der Waals surface area contributed by atoms with Crippen molar-refractivity contribution in [2.45, 2.75) is 40.2 Å². The summed E-state index contributed by atoms with van der Waals surface area (Å²) in [6.45, 7) is 6.38. The van der Waals surface area contributed by atoms with Crippen LogP contribution in [0.4, 0.5) is 0 Å². The lowest BCUT2D eigenvalue weighted by Gasteiger charge is -2.20. The number of carbonyl (C=O) groups is 2. The minimum absolute atomic E-state index is 0.000718. The summed E-state index contributed by atoms with van der Waals surface area (Å²) >= 11 is 1.24. The van der Waals surface area contributed by atoms with E-state index in [1.165, 1.54) is 16.7 Å². The summed E-state index contributed by atoms with van der Waals surface area (Å²) in [4.78, 5) is 26.6. The van der Waals surface area contributed by atoms with Crippen LogP contribution >= 0.6 is 11.3 Å². The first-order valence-corrected chi connectivity index (χ1v) is 7.32. The molecular weight excluding hydrogens is 264 g/mol. The zero-order chi connectivity index (χ0) is 14.4. The Labute approximate surface area is 117 Å². The molecule has 1 unspecified atom stereocenters. The number of rotatable bonds is 7. The zero-order valence-electron chi connectivity index (χ0n) is 11.5. The highest BCUT2D eigenvalue weighted by molar-refractivity contribution is 7.09. The van der Waals surface area contributed by atoms with Gasteiger partial charge in [0.05, 0.1) is 6.54 Å². The highest BCUT2D eigenvalue weighted by Crippen LogP contribution is 2.19. The van der Waals surface area contributed by atoms with E-state index in [4.69, 9.17) is 5.11 Å². The van der Waals surface area contributed by atoms with Crippen LogP contribution in [0.3, 0.4) is 0 Å². The number of carboxylic acids is 1. The molecule has 0 aliphatic carbocycles. The molecule has 1 rings (SSSR count). The summed E-state index contributed by atoms with van der Waals surface area (Å²) in [6.07, 6.45) is 1.96. The Hall–Kier alpha value is -1.43. The molecule has 1 aromatic heterocycles. The monoisotopic (exact) mass is 284 g/mol. The predicted octanol–water partition coefficient (Wildman–Crippen LogP) is 2.53. The van der Waals surface area contributed by atoms with Crippen LogP contribution in [0.15, 0.2) is 5.38 Å². The molecule has 1 atom stereocenters. The molecule has 0 aliphatic rings. The molecule has 1 aromatic rings. The van der Waals surface area contributed by atoms with Crippen molar-refractivity contribution in [3.63, 3.8) is 0 Å². The van der Waals surface area contributed by atoms with Gasteiger partial charge in [0.15, 0.2) is 5.69 Å². The Bertz CT molecular complexity index is 441. The second kappa shape index (κ2) is 7.23. The molecule has 0 saturated heterocycles. The molecule has 0 spiro atoms. The fraction of sp³-hybridized carbons (Fsp3) is 0.615. The number of hydrogen-bond donors (Lipinski definition) is 2. The van der Waals surface area contributed by atoms with E-state index >= 15 is 0 Å².